The molecular weight excluding hydrogens is 318 g/mol. The summed E-state index contributed by atoms with van der Waals surface area (Å²) >= 11 is 0. The first-order chi connectivity index (χ1) is 12.1. The fraction of sp³-hybridized carbons (Fsp3) is 0.647. The van der Waals surface area contributed by atoms with Crippen LogP contribution >= 0.6 is 0 Å². The molecule has 1 amide bonds. The number of nitrogens with two attached hydrogens (primary N) is 1. The minimum absolute atomic E-state index is 0.161. The van der Waals surface area contributed by atoms with Gasteiger partial charge in [0, 0.05) is 50.9 Å². The molecule has 2 aromatic rings. The number of likely N-dealkylation sites (tertiary alicyclic amines) is 1. The average molecular weight is 345 g/mol. The monoisotopic (exact) mass is 345 g/mol. The Labute approximate surface area is 148 Å². The molecule has 0 aliphatic carbocycles. The first-order valence-corrected chi connectivity index (χ1v) is 9.01. The number of piperidine rings is 1. The molecule has 8 heteroatoms. The number of hydrogen-bond acceptors (Lipinski definition) is 5. The van der Waals surface area contributed by atoms with E-state index in [1.165, 1.54) is 0 Å². The van der Waals surface area contributed by atoms with Gasteiger partial charge in [-0.05, 0) is 26.7 Å². The van der Waals surface area contributed by atoms with Crippen LogP contribution < -0.4 is 5.73 Å². The summed E-state index contributed by atoms with van der Waals surface area (Å²) in [4.78, 5) is 18.2. The summed E-state index contributed by atoms with van der Waals surface area (Å²) in [5.41, 5.74) is 5.49. The van der Waals surface area contributed by atoms with Gasteiger partial charge in [-0.25, -0.2) is 4.98 Å². The molecule has 3 rings (SSSR count). The molecule has 25 heavy (non-hydrogen) atoms. The van der Waals surface area contributed by atoms with E-state index in [2.05, 4.69) is 31.2 Å². The van der Waals surface area contributed by atoms with Crippen molar-refractivity contribution in [3.05, 3.63) is 29.9 Å². The van der Waals surface area contributed by atoms with Crippen LogP contribution in [-0.4, -0.2) is 54.8 Å². The van der Waals surface area contributed by atoms with Crippen molar-refractivity contribution in [1.29, 1.82) is 0 Å². The van der Waals surface area contributed by atoms with Crippen LogP contribution in [0.25, 0.3) is 0 Å². The van der Waals surface area contributed by atoms with E-state index in [-0.39, 0.29) is 5.91 Å². The lowest BCUT2D eigenvalue weighted by atomic mass is 9.95. The number of carbonyl (C=O) groups is 1. The first-order valence-electron chi connectivity index (χ1n) is 9.01. The van der Waals surface area contributed by atoms with E-state index in [0.717, 1.165) is 49.9 Å². The van der Waals surface area contributed by atoms with Gasteiger partial charge in [-0.3, -0.25) is 4.79 Å². The second-order valence-corrected chi connectivity index (χ2v) is 6.51. The SMILES string of the molecule is CCn1c(Cn2ccnc2C)nnc1C1CCN(C(=O)CCN)CC1. The third-order valence-corrected chi connectivity index (χ3v) is 4.98. The maximum Gasteiger partial charge on any atom is 0.223 e. The van der Waals surface area contributed by atoms with Crippen LogP contribution in [0.15, 0.2) is 12.4 Å². The number of aryl methyl sites for hydroxylation is 1. The van der Waals surface area contributed by atoms with Gasteiger partial charge in [0.1, 0.15) is 11.6 Å². The second-order valence-electron chi connectivity index (χ2n) is 6.51. The first kappa shape index (κ1) is 17.6. The molecule has 2 N–H and O–H groups in total. The number of carbonyl (C=O) groups excluding carboxylic acids is 1. The molecule has 136 valence electrons. The Hall–Kier alpha value is -2.22. The summed E-state index contributed by atoms with van der Waals surface area (Å²) in [6, 6.07) is 0. The molecule has 0 atom stereocenters. The summed E-state index contributed by atoms with van der Waals surface area (Å²) < 4.78 is 4.29. The Morgan fingerprint density at radius 2 is 2.08 bits per heavy atom. The summed E-state index contributed by atoms with van der Waals surface area (Å²) in [5.74, 6) is 3.49. The fourth-order valence-electron chi connectivity index (χ4n) is 3.50. The van der Waals surface area contributed by atoms with Gasteiger partial charge in [0.05, 0.1) is 6.54 Å². The minimum Gasteiger partial charge on any atom is -0.343 e. The molecule has 0 aromatic carbocycles. The summed E-state index contributed by atoms with van der Waals surface area (Å²) in [6.45, 7) is 7.60. The lowest BCUT2D eigenvalue weighted by Crippen LogP contribution is -2.39. The van der Waals surface area contributed by atoms with Crippen LogP contribution in [0.1, 0.15) is 49.6 Å². The highest BCUT2D eigenvalue weighted by atomic mass is 16.2. The van der Waals surface area contributed by atoms with Crippen molar-refractivity contribution in [2.45, 2.75) is 52.1 Å². The van der Waals surface area contributed by atoms with Gasteiger partial charge in [-0.1, -0.05) is 0 Å². The van der Waals surface area contributed by atoms with Gasteiger partial charge in [0.15, 0.2) is 5.82 Å². The molecule has 0 unspecified atom stereocenters. The van der Waals surface area contributed by atoms with Crippen LogP contribution in [0.2, 0.25) is 0 Å². The Kier molecular flexibility index (Phi) is 5.47. The van der Waals surface area contributed by atoms with Crippen molar-refractivity contribution in [1.82, 2.24) is 29.2 Å². The Balaban J connectivity index is 1.69. The van der Waals surface area contributed by atoms with E-state index in [1.54, 1.807) is 6.20 Å². The summed E-state index contributed by atoms with van der Waals surface area (Å²) in [6.07, 6.45) is 6.06. The van der Waals surface area contributed by atoms with E-state index >= 15 is 0 Å². The zero-order chi connectivity index (χ0) is 17.8. The molecule has 0 radical (unpaired) electrons. The topological polar surface area (TPSA) is 94.9 Å². The standard InChI is InChI=1S/C17H27N7O/c1-3-24-15(12-23-11-8-19-13(23)2)20-21-17(24)14-5-9-22(10-6-14)16(25)4-7-18/h8,11,14H,3-7,9-10,12,18H2,1-2H3. The zero-order valence-corrected chi connectivity index (χ0v) is 15.1. The minimum atomic E-state index is 0.161. The van der Waals surface area contributed by atoms with Crippen molar-refractivity contribution in [3.8, 4) is 0 Å². The quantitative estimate of drug-likeness (QED) is 0.839. The van der Waals surface area contributed by atoms with Gasteiger partial charge in [-0.15, -0.1) is 10.2 Å². The van der Waals surface area contributed by atoms with Crippen LogP contribution in [0, 0.1) is 6.92 Å². The molecule has 8 nitrogen and oxygen atoms in total. The molecule has 0 bridgehead atoms. The molecule has 1 saturated heterocycles. The summed E-state index contributed by atoms with van der Waals surface area (Å²) in [7, 11) is 0. The number of rotatable bonds is 6. The van der Waals surface area contributed by atoms with E-state index in [4.69, 9.17) is 5.73 Å². The predicted molar refractivity (Wildman–Crippen MR) is 94.0 cm³/mol. The van der Waals surface area contributed by atoms with Crippen molar-refractivity contribution >= 4 is 5.91 Å². The normalized spacial score (nSPS) is 15.7. The second kappa shape index (κ2) is 7.77. The third-order valence-electron chi connectivity index (χ3n) is 4.98. The molecule has 1 fully saturated rings. The average Bonchev–Trinajstić information content (AvgIpc) is 3.22. The number of aromatic nitrogens is 5. The van der Waals surface area contributed by atoms with Crippen molar-refractivity contribution in [2.75, 3.05) is 19.6 Å². The number of nitrogens with zero attached hydrogens (tertiary/aromatic N) is 6. The summed E-state index contributed by atoms with van der Waals surface area (Å²) in [5, 5.41) is 8.91. The molecule has 0 saturated carbocycles. The fourth-order valence-corrected chi connectivity index (χ4v) is 3.50. The zero-order valence-electron chi connectivity index (χ0n) is 15.1. The molecule has 2 aromatic heterocycles. The molecule has 1 aliphatic heterocycles. The van der Waals surface area contributed by atoms with Crippen molar-refractivity contribution < 1.29 is 4.79 Å². The van der Waals surface area contributed by atoms with Crippen LogP contribution in [0.4, 0.5) is 0 Å². The third kappa shape index (κ3) is 3.73. The maximum atomic E-state index is 12.0. The highest BCUT2D eigenvalue weighted by Crippen LogP contribution is 2.27. The number of amides is 1. The number of hydrogen-bond donors (Lipinski definition) is 1. The maximum absolute atomic E-state index is 12.0. The van der Waals surface area contributed by atoms with E-state index in [0.29, 0.717) is 25.4 Å². The molecular formula is C17H27N7O. The van der Waals surface area contributed by atoms with Gasteiger partial charge in [-0.2, -0.15) is 0 Å². The molecule has 1 aliphatic rings. The van der Waals surface area contributed by atoms with Gasteiger partial charge < -0.3 is 19.8 Å². The van der Waals surface area contributed by atoms with Gasteiger partial charge >= 0.3 is 0 Å². The van der Waals surface area contributed by atoms with Gasteiger partial charge in [0.25, 0.3) is 0 Å². The van der Waals surface area contributed by atoms with E-state index < -0.39 is 0 Å². The Morgan fingerprint density at radius 1 is 1.32 bits per heavy atom. The molecule has 3 heterocycles. The van der Waals surface area contributed by atoms with E-state index in [9.17, 15) is 4.79 Å². The van der Waals surface area contributed by atoms with E-state index in [1.807, 2.05) is 18.0 Å². The van der Waals surface area contributed by atoms with Crippen molar-refractivity contribution in [2.24, 2.45) is 5.73 Å². The highest BCUT2D eigenvalue weighted by Gasteiger charge is 2.27. The lowest BCUT2D eigenvalue weighted by Gasteiger charge is -2.31. The van der Waals surface area contributed by atoms with Crippen LogP contribution in [0.3, 0.4) is 0 Å². The predicted octanol–water partition coefficient (Wildman–Crippen LogP) is 0.906. The smallest absolute Gasteiger partial charge is 0.223 e. The molecule has 0 spiro atoms. The van der Waals surface area contributed by atoms with Gasteiger partial charge in [0.2, 0.25) is 5.91 Å². The largest absolute Gasteiger partial charge is 0.343 e. The Bertz CT molecular complexity index is 712. The van der Waals surface area contributed by atoms with Crippen molar-refractivity contribution in [3.63, 3.8) is 0 Å². The lowest BCUT2D eigenvalue weighted by molar-refractivity contribution is -0.132. The van der Waals surface area contributed by atoms with Crippen LogP contribution in [0.5, 0.6) is 0 Å². The Morgan fingerprint density at radius 3 is 2.68 bits per heavy atom. The number of imidazole rings is 1. The highest BCUT2D eigenvalue weighted by molar-refractivity contribution is 5.76. The van der Waals surface area contributed by atoms with Crippen LogP contribution in [-0.2, 0) is 17.9 Å².